The fourth-order valence-corrected chi connectivity index (χ4v) is 4.16. The van der Waals surface area contributed by atoms with Crippen molar-refractivity contribution in [2.75, 3.05) is 30.9 Å². The first kappa shape index (κ1) is 14.3. The van der Waals surface area contributed by atoms with E-state index in [1.54, 1.807) is 0 Å². The van der Waals surface area contributed by atoms with Gasteiger partial charge in [0, 0.05) is 6.04 Å². The zero-order chi connectivity index (χ0) is 12.0. The van der Waals surface area contributed by atoms with E-state index in [1.807, 2.05) is 7.05 Å². The van der Waals surface area contributed by atoms with E-state index in [-0.39, 0.29) is 6.04 Å². The molecule has 1 saturated heterocycles. The van der Waals surface area contributed by atoms with Gasteiger partial charge < -0.3 is 4.90 Å². The lowest BCUT2D eigenvalue weighted by molar-refractivity contribution is 0.256. The molecule has 0 radical (unpaired) electrons. The largest absolute Gasteiger partial charge is 0.302 e. The lowest BCUT2D eigenvalue weighted by Crippen LogP contribution is -2.33. The molecule has 0 bridgehead atoms. The summed E-state index contributed by atoms with van der Waals surface area (Å²) in [6, 6.07) is 0.259. The van der Waals surface area contributed by atoms with Crippen LogP contribution in [-0.2, 0) is 9.84 Å². The maximum atomic E-state index is 11.3. The van der Waals surface area contributed by atoms with E-state index < -0.39 is 9.84 Å². The third-order valence-electron chi connectivity index (χ3n) is 3.25. The van der Waals surface area contributed by atoms with Gasteiger partial charge in [0.05, 0.1) is 11.5 Å². The topological polar surface area (TPSA) is 37.4 Å². The lowest BCUT2D eigenvalue weighted by atomic mass is 10.1. The minimum Gasteiger partial charge on any atom is -0.302 e. The molecule has 0 amide bonds. The monoisotopic (exact) mass is 265 g/mol. The molecule has 1 heterocycles. The first-order valence-electron chi connectivity index (χ1n) is 6.07. The maximum absolute atomic E-state index is 11.3. The first-order valence-corrected chi connectivity index (χ1v) is 8.52. The molecule has 1 fully saturated rings. The third kappa shape index (κ3) is 5.06. The Morgan fingerprint density at radius 3 is 2.50 bits per heavy atom. The van der Waals surface area contributed by atoms with Gasteiger partial charge in [-0.2, -0.15) is 12.6 Å². The van der Waals surface area contributed by atoms with Crippen molar-refractivity contribution < 1.29 is 8.42 Å². The molecule has 1 rings (SSSR count). The second-order valence-electron chi connectivity index (χ2n) is 4.68. The Kier molecular flexibility index (Phi) is 6.15. The highest BCUT2D eigenvalue weighted by molar-refractivity contribution is 7.91. The molecule has 0 N–H and O–H groups in total. The first-order chi connectivity index (χ1) is 7.55. The highest BCUT2D eigenvalue weighted by Gasteiger charge is 2.30. The van der Waals surface area contributed by atoms with Gasteiger partial charge in [0.2, 0.25) is 0 Å². The molecular formula is C11H23NO2S2. The molecule has 0 aromatic heterocycles. The van der Waals surface area contributed by atoms with E-state index in [0.717, 1.165) is 18.7 Å². The van der Waals surface area contributed by atoms with Crippen LogP contribution in [-0.4, -0.2) is 50.2 Å². The van der Waals surface area contributed by atoms with Crippen LogP contribution in [0.5, 0.6) is 0 Å². The minimum absolute atomic E-state index is 0.259. The van der Waals surface area contributed by atoms with Crippen LogP contribution in [0.1, 0.15) is 32.1 Å². The molecule has 1 unspecified atom stereocenters. The van der Waals surface area contributed by atoms with Gasteiger partial charge >= 0.3 is 0 Å². The van der Waals surface area contributed by atoms with Crippen LogP contribution in [0.15, 0.2) is 0 Å². The zero-order valence-corrected chi connectivity index (χ0v) is 11.8. The lowest BCUT2D eigenvalue weighted by Gasteiger charge is -2.22. The van der Waals surface area contributed by atoms with Gasteiger partial charge in [-0.15, -0.1) is 0 Å². The number of rotatable bonds is 7. The molecule has 0 aromatic carbocycles. The van der Waals surface area contributed by atoms with Gasteiger partial charge in [-0.1, -0.05) is 12.8 Å². The van der Waals surface area contributed by atoms with Crippen LogP contribution in [0.25, 0.3) is 0 Å². The van der Waals surface area contributed by atoms with Crippen LogP contribution in [0.2, 0.25) is 0 Å². The van der Waals surface area contributed by atoms with Crippen molar-refractivity contribution in [3.63, 3.8) is 0 Å². The van der Waals surface area contributed by atoms with E-state index in [4.69, 9.17) is 0 Å². The number of hydrogen-bond acceptors (Lipinski definition) is 4. The third-order valence-corrected chi connectivity index (χ3v) is 5.32. The van der Waals surface area contributed by atoms with E-state index in [9.17, 15) is 8.42 Å². The summed E-state index contributed by atoms with van der Waals surface area (Å²) >= 11 is 4.18. The fraction of sp³-hybridized carbons (Fsp3) is 1.00. The Hall–Kier alpha value is 0.260. The van der Waals surface area contributed by atoms with Gasteiger partial charge in [0.25, 0.3) is 0 Å². The van der Waals surface area contributed by atoms with Crippen molar-refractivity contribution >= 4 is 22.5 Å². The molecular weight excluding hydrogens is 242 g/mol. The molecule has 16 heavy (non-hydrogen) atoms. The van der Waals surface area contributed by atoms with E-state index in [0.29, 0.717) is 11.5 Å². The van der Waals surface area contributed by atoms with Gasteiger partial charge in [0.15, 0.2) is 9.84 Å². The summed E-state index contributed by atoms with van der Waals surface area (Å²) < 4.78 is 22.7. The molecule has 1 aliphatic rings. The van der Waals surface area contributed by atoms with Crippen molar-refractivity contribution in [3.8, 4) is 0 Å². The van der Waals surface area contributed by atoms with Crippen LogP contribution in [0.4, 0.5) is 0 Å². The SMILES string of the molecule is CN(CCCCCCS)C1CCS(=O)(=O)C1. The van der Waals surface area contributed by atoms with Gasteiger partial charge in [-0.3, -0.25) is 0 Å². The molecule has 0 saturated carbocycles. The molecule has 0 aliphatic carbocycles. The van der Waals surface area contributed by atoms with Crippen LogP contribution >= 0.6 is 12.6 Å². The average molecular weight is 265 g/mol. The number of unbranched alkanes of at least 4 members (excludes halogenated alkanes) is 3. The highest BCUT2D eigenvalue weighted by atomic mass is 32.2. The number of sulfone groups is 1. The van der Waals surface area contributed by atoms with Crippen molar-refractivity contribution in [3.05, 3.63) is 0 Å². The maximum Gasteiger partial charge on any atom is 0.151 e. The smallest absolute Gasteiger partial charge is 0.151 e. The summed E-state index contributed by atoms with van der Waals surface area (Å²) in [5.74, 6) is 1.71. The van der Waals surface area contributed by atoms with Crippen molar-refractivity contribution in [2.45, 2.75) is 38.1 Å². The Morgan fingerprint density at radius 1 is 1.25 bits per heavy atom. The highest BCUT2D eigenvalue weighted by Crippen LogP contribution is 2.17. The zero-order valence-electron chi connectivity index (χ0n) is 10.1. The summed E-state index contributed by atoms with van der Waals surface area (Å²) in [6.07, 6.45) is 5.63. The van der Waals surface area contributed by atoms with E-state index >= 15 is 0 Å². The quantitative estimate of drug-likeness (QED) is 0.561. The normalized spacial score (nSPS) is 24.1. The minimum atomic E-state index is -2.73. The predicted octanol–water partition coefficient (Wildman–Crippen LogP) is 1.60. The standard InChI is InChI=1S/C11H23NO2S2/c1-12(7-4-2-3-5-8-15)11-6-9-16(13,14)10-11/h11,15H,2-10H2,1H3. The van der Waals surface area contributed by atoms with Gasteiger partial charge in [-0.05, 0) is 38.6 Å². The molecule has 5 heteroatoms. The van der Waals surface area contributed by atoms with Crippen LogP contribution in [0.3, 0.4) is 0 Å². The van der Waals surface area contributed by atoms with Crippen LogP contribution < -0.4 is 0 Å². The fourth-order valence-electron chi connectivity index (χ4n) is 2.13. The number of thiol groups is 1. The van der Waals surface area contributed by atoms with Gasteiger partial charge in [-0.25, -0.2) is 8.42 Å². The summed E-state index contributed by atoms with van der Waals surface area (Å²) in [5.41, 5.74) is 0. The van der Waals surface area contributed by atoms with E-state index in [1.165, 1.54) is 25.7 Å². The molecule has 0 spiro atoms. The van der Waals surface area contributed by atoms with Crippen LogP contribution in [0, 0.1) is 0 Å². The average Bonchev–Trinajstić information content (AvgIpc) is 2.58. The molecule has 96 valence electrons. The van der Waals surface area contributed by atoms with Crippen molar-refractivity contribution in [1.82, 2.24) is 4.90 Å². The van der Waals surface area contributed by atoms with Gasteiger partial charge in [0.1, 0.15) is 0 Å². The number of hydrogen-bond donors (Lipinski definition) is 1. The second kappa shape index (κ2) is 6.87. The van der Waals surface area contributed by atoms with Crippen molar-refractivity contribution in [2.24, 2.45) is 0 Å². The summed E-state index contributed by atoms with van der Waals surface area (Å²) in [5, 5.41) is 0. The molecule has 1 aliphatic heterocycles. The molecule has 1 atom stereocenters. The number of nitrogens with zero attached hydrogens (tertiary/aromatic N) is 1. The van der Waals surface area contributed by atoms with Crippen molar-refractivity contribution in [1.29, 1.82) is 0 Å². The van der Waals surface area contributed by atoms with E-state index in [2.05, 4.69) is 17.5 Å². The Labute approximate surface area is 105 Å². The Balaban J connectivity index is 2.14. The summed E-state index contributed by atoms with van der Waals surface area (Å²) in [6.45, 7) is 1.02. The predicted molar refractivity (Wildman–Crippen MR) is 72.0 cm³/mol. The second-order valence-corrected chi connectivity index (χ2v) is 7.35. The Morgan fingerprint density at radius 2 is 1.94 bits per heavy atom. The Bertz CT molecular complexity index is 290. The molecule has 0 aromatic rings. The summed E-state index contributed by atoms with van der Waals surface area (Å²) in [4.78, 5) is 2.21. The molecule has 3 nitrogen and oxygen atoms in total. The summed E-state index contributed by atoms with van der Waals surface area (Å²) in [7, 11) is -0.686.